The van der Waals surface area contributed by atoms with Gasteiger partial charge in [-0.05, 0) is 45.0 Å². The minimum absolute atomic E-state index is 0.107. The molecule has 0 saturated heterocycles. The van der Waals surface area contributed by atoms with Crippen molar-refractivity contribution in [3.8, 4) is 11.5 Å². The monoisotopic (exact) mass is 333 g/mol. The first-order valence-electron chi connectivity index (χ1n) is 7.04. The van der Waals surface area contributed by atoms with Gasteiger partial charge >= 0.3 is 0 Å². The summed E-state index contributed by atoms with van der Waals surface area (Å²) in [5, 5.41) is 5.07. The second-order valence-corrected chi connectivity index (χ2v) is 6.05. The van der Waals surface area contributed by atoms with Crippen molar-refractivity contribution in [2.45, 2.75) is 20.8 Å². The molecule has 7 heteroatoms. The first-order chi connectivity index (χ1) is 11.0. The summed E-state index contributed by atoms with van der Waals surface area (Å²) in [4.78, 5) is 17.1. The van der Waals surface area contributed by atoms with Crippen LogP contribution in [0.15, 0.2) is 29.4 Å². The van der Waals surface area contributed by atoms with Gasteiger partial charge in [-0.1, -0.05) is 0 Å². The number of methoxy groups -OCH3 is 1. The summed E-state index contributed by atoms with van der Waals surface area (Å²) in [6.45, 7) is 5.59. The van der Waals surface area contributed by atoms with Crippen molar-refractivity contribution >= 4 is 23.0 Å². The van der Waals surface area contributed by atoms with Crippen LogP contribution < -0.4 is 14.9 Å². The van der Waals surface area contributed by atoms with E-state index in [2.05, 4.69) is 15.5 Å². The van der Waals surface area contributed by atoms with E-state index in [0.29, 0.717) is 5.75 Å². The largest absolute Gasteiger partial charge is 0.497 e. The number of carbonyl (C=O) groups is 1. The molecule has 0 radical (unpaired) electrons. The lowest BCUT2D eigenvalue weighted by atomic mass is 10.3. The fourth-order valence-corrected chi connectivity index (χ4v) is 2.78. The highest BCUT2D eigenvalue weighted by molar-refractivity contribution is 7.13. The molecular formula is C16H19N3O3S. The molecule has 0 atom stereocenters. The highest BCUT2D eigenvalue weighted by Crippen LogP contribution is 2.18. The molecule has 1 amide bonds. The number of amides is 1. The first-order valence-corrected chi connectivity index (χ1v) is 7.85. The third-order valence-corrected chi connectivity index (χ3v) is 4.19. The molecule has 0 unspecified atom stereocenters. The predicted octanol–water partition coefficient (Wildman–Crippen LogP) is 2.69. The van der Waals surface area contributed by atoms with Crippen LogP contribution >= 0.6 is 11.3 Å². The van der Waals surface area contributed by atoms with Gasteiger partial charge in [0, 0.05) is 0 Å². The van der Waals surface area contributed by atoms with Crippen molar-refractivity contribution in [3.63, 3.8) is 0 Å². The van der Waals surface area contributed by atoms with E-state index in [1.54, 1.807) is 42.7 Å². The third kappa shape index (κ3) is 4.79. The van der Waals surface area contributed by atoms with Gasteiger partial charge in [-0.3, -0.25) is 4.79 Å². The molecule has 122 valence electrons. The van der Waals surface area contributed by atoms with Gasteiger partial charge in [-0.15, -0.1) is 11.3 Å². The molecule has 2 rings (SSSR count). The SMILES string of the molecule is COc1ccc(OCC(=O)N/N=C(\C)c2sc(C)nc2C)cc1. The summed E-state index contributed by atoms with van der Waals surface area (Å²) in [5.41, 5.74) is 4.13. The fourth-order valence-electron chi connectivity index (χ4n) is 1.92. The van der Waals surface area contributed by atoms with Crippen LogP contribution in [-0.4, -0.2) is 30.3 Å². The average Bonchev–Trinajstić information content (AvgIpc) is 2.89. The normalized spacial score (nSPS) is 11.2. The van der Waals surface area contributed by atoms with E-state index >= 15 is 0 Å². The van der Waals surface area contributed by atoms with E-state index in [9.17, 15) is 4.79 Å². The van der Waals surface area contributed by atoms with Gasteiger partial charge in [0.2, 0.25) is 0 Å². The molecule has 0 fully saturated rings. The Balaban J connectivity index is 1.86. The van der Waals surface area contributed by atoms with Crippen molar-refractivity contribution < 1.29 is 14.3 Å². The zero-order valence-corrected chi connectivity index (χ0v) is 14.4. The minimum Gasteiger partial charge on any atom is -0.497 e. The standard InChI is InChI=1S/C16H19N3O3S/c1-10-16(23-12(3)17-10)11(2)18-19-15(20)9-22-14-7-5-13(21-4)6-8-14/h5-8H,9H2,1-4H3,(H,19,20)/b18-11+. The number of nitrogens with one attached hydrogen (secondary N) is 1. The van der Waals surface area contributed by atoms with Crippen molar-refractivity contribution in [1.82, 2.24) is 10.4 Å². The summed E-state index contributed by atoms with van der Waals surface area (Å²) in [5.74, 6) is 1.01. The summed E-state index contributed by atoms with van der Waals surface area (Å²) in [6.07, 6.45) is 0. The van der Waals surface area contributed by atoms with Crippen molar-refractivity contribution in [1.29, 1.82) is 0 Å². The Hall–Kier alpha value is -2.41. The summed E-state index contributed by atoms with van der Waals surface area (Å²) in [6, 6.07) is 7.02. The van der Waals surface area contributed by atoms with E-state index in [1.807, 2.05) is 20.8 Å². The van der Waals surface area contributed by atoms with Crippen LogP contribution in [0.5, 0.6) is 11.5 Å². The molecule has 1 N–H and O–H groups in total. The van der Waals surface area contributed by atoms with Crippen LogP contribution in [0.3, 0.4) is 0 Å². The molecule has 0 saturated carbocycles. The van der Waals surface area contributed by atoms with Gasteiger partial charge in [0.15, 0.2) is 6.61 Å². The summed E-state index contributed by atoms with van der Waals surface area (Å²) < 4.78 is 10.4. The molecule has 1 aromatic heterocycles. The fraction of sp³-hybridized carbons (Fsp3) is 0.312. The second-order valence-electron chi connectivity index (χ2n) is 4.84. The van der Waals surface area contributed by atoms with Crippen LogP contribution in [0.1, 0.15) is 22.5 Å². The summed E-state index contributed by atoms with van der Waals surface area (Å²) >= 11 is 1.55. The maximum absolute atomic E-state index is 11.8. The van der Waals surface area contributed by atoms with E-state index in [1.165, 1.54) is 0 Å². The number of thiazole rings is 1. The molecule has 0 bridgehead atoms. The van der Waals surface area contributed by atoms with Gasteiger partial charge < -0.3 is 9.47 Å². The van der Waals surface area contributed by atoms with E-state index < -0.39 is 0 Å². The lowest BCUT2D eigenvalue weighted by molar-refractivity contribution is -0.123. The van der Waals surface area contributed by atoms with Crippen LogP contribution in [0.25, 0.3) is 0 Å². The Morgan fingerprint density at radius 1 is 1.26 bits per heavy atom. The molecule has 1 heterocycles. The predicted molar refractivity (Wildman–Crippen MR) is 90.4 cm³/mol. The van der Waals surface area contributed by atoms with Crippen molar-refractivity contribution in [2.75, 3.05) is 13.7 Å². The number of hydrogen-bond acceptors (Lipinski definition) is 6. The Morgan fingerprint density at radius 2 is 1.91 bits per heavy atom. The molecule has 0 aliphatic carbocycles. The topological polar surface area (TPSA) is 72.8 Å². The number of hydrogen-bond donors (Lipinski definition) is 1. The molecular weight excluding hydrogens is 314 g/mol. The van der Waals surface area contributed by atoms with Gasteiger partial charge in [0.05, 0.1) is 28.4 Å². The zero-order chi connectivity index (χ0) is 16.8. The van der Waals surface area contributed by atoms with E-state index in [4.69, 9.17) is 9.47 Å². The molecule has 0 spiro atoms. The van der Waals surface area contributed by atoms with Crippen LogP contribution in [0.2, 0.25) is 0 Å². The van der Waals surface area contributed by atoms with Crippen LogP contribution in [0, 0.1) is 13.8 Å². The number of ether oxygens (including phenoxy) is 2. The Labute approximate surface area is 139 Å². The maximum Gasteiger partial charge on any atom is 0.277 e. The number of hydrazone groups is 1. The van der Waals surface area contributed by atoms with Crippen LogP contribution in [0.4, 0.5) is 0 Å². The molecule has 0 aliphatic heterocycles. The Bertz CT molecular complexity index is 708. The highest BCUT2D eigenvalue weighted by atomic mass is 32.1. The van der Waals surface area contributed by atoms with E-state index in [0.717, 1.165) is 27.0 Å². The molecule has 2 aromatic rings. The quantitative estimate of drug-likeness (QED) is 0.651. The van der Waals surface area contributed by atoms with Gasteiger partial charge in [-0.2, -0.15) is 5.10 Å². The van der Waals surface area contributed by atoms with Crippen molar-refractivity contribution in [2.24, 2.45) is 5.10 Å². The number of nitrogens with zero attached hydrogens (tertiary/aromatic N) is 2. The highest BCUT2D eigenvalue weighted by Gasteiger charge is 2.09. The average molecular weight is 333 g/mol. The number of aryl methyl sites for hydroxylation is 2. The lowest BCUT2D eigenvalue weighted by Crippen LogP contribution is -2.25. The van der Waals surface area contributed by atoms with Gasteiger partial charge in [0.1, 0.15) is 11.5 Å². The number of benzene rings is 1. The smallest absolute Gasteiger partial charge is 0.277 e. The molecule has 0 aliphatic rings. The van der Waals surface area contributed by atoms with E-state index in [-0.39, 0.29) is 12.5 Å². The third-order valence-electron chi connectivity index (χ3n) is 3.01. The maximum atomic E-state index is 11.8. The Morgan fingerprint density at radius 3 is 2.48 bits per heavy atom. The minimum atomic E-state index is -0.320. The molecule has 23 heavy (non-hydrogen) atoms. The van der Waals surface area contributed by atoms with Gasteiger partial charge in [0.25, 0.3) is 5.91 Å². The second kappa shape index (κ2) is 7.73. The summed E-state index contributed by atoms with van der Waals surface area (Å²) in [7, 11) is 1.59. The number of rotatable bonds is 6. The van der Waals surface area contributed by atoms with Gasteiger partial charge in [-0.25, -0.2) is 10.4 Å². The molecule has 1 aromatic carbocycles. The number of aromatic nitrogens is 1. The zero-order valence-electron chi connectivity index (χ0n) is 13.5. The van der Waals surface area contributed by atoms with Crippen LogP contribution in [-0.2, 0) is 4.79 Å². The lowest BCUT2D eigenvalue weighted by Gasteiger charge is -2.06. The van der Waals surface area contributed by atoms with Crippen molar-refractivity contribution in [3.05, 3.63) is 39.8 Å². The number of carbonyl (C=O) groups excluding carboxylic acids is 1. The Kier molecular flexibility index (Phi) is 5.70. The molecule has 6 nitrogen and oxygen atoms in total. The first kappa shape index (κ1) is 17.0.